The molecule has 4 rings (SSSR count). The highest BCUT2D eigenvalue weighted by Gasteiger charge is 2.20. The number of aryl methyl sites for hydroxylation is 1. The van der Waals surface area contributed by atoms with Gasteiger partial charge >= 0.3 is 0 Å². The Morgan fingerprint density at radius 3 is 2.66 bits per heavy atom. The summed E-state index contributed by atoms with van der Waals surface area (Å²) >= 11 is 6.02. The zero-order chi connectivity index (χ0) is 20.5. The van der Waals surface area contributed by atoms with Gasteiger partial charge in [0, 0.05) is 29.2 Å². The van der Waals surface area contributed by atoms with E-state index in [2.05, 4.69) is 15.3 Å². The van der Waals surface area contributed by atoms with Crippen molar-refractivity contribution < 1.29 is 9.59 Å². The van der Waals surface area contributed by atoms with Crippen molar-refractivity contribution in [2.75, 3.05) is 13.1 Å². The van der Waals surface area contributed by atoms with Crippen LogP contribution < -0.4 is 5.32 Å². The molecule has 2 aromatic carbocycles. The molecule has 1 aliphatic heterocycles. The summed E-state index contributed by atoms with van der Waals surface area (Å²) in [5.74, 6) is 0.412. The highest BCUT2D eigenvalue weighted by molar-refractivity contribution is 6.31. The Labute approximate surface area is 173 Å². The lowest BCUT2D eigenvalue weighted by Crippen LogP contribution is -2.29. The first-order chi connectivity index (χ1) is 13.9. The molecule has 1 aliphatic rings. The van der Waals surface area contributed by atoms with Crippen molar-refractivity contribution in [2.45, 2.75) is 19.9 Å². The Morgan fingerprint density at radius 1 is 1.17 bits per heavy atom. The molecule has 0 bridgehead atoms. The standard InChI is InChI=1S/C22H21ClN4O2/c1-13-11-15(5-7-17(13)22(29)27-9-3-4-10-27)21(28)24-14(2)20-25-18-8-6-16(23)12-19(18)26-20/h3-8,11-12,14H,9-10H2,1-2H3,(H,24,28)(H,25,26)/t14-/m0/s1. The number of hydrogen-bond acceptors (Lipinski definition) is 3. The maximum Gasteiger partial charge on any atom is 0.254 e. The monoisotopic (exact) mass is 408 g/mol. The minimum absolute atomic E-state index is 0.0197. The molecule has 7 heteroatoms. The van der Waals surface area contributed by atoms with Gasteiger partial charge in [-0.25, -0.2) is 4.98 Å². The van der Waals surface area contributed by atoms with Crippen LogP contribution in [0.1, 0.15) is 45.1 Å². The Bertz CT molecular complexity index is 1130. The number of hydrogen-bond donors (Lipinski definition) is 2. The van der Waals surface area contributed by atoms with Crippen molar-refractivity contribution in [1.29, 1.82) is 0 Å². The van der Waals surface area contributed by atoms with E-state index in [4.69, 9.17) is 11.6 Å². The second-order valence-electron chi connectivity index (χ2n) is 7.19. The van der Waals surface area contributed by atoms with Crippen molar-refractivity contribution in [3.63, 3.8) is 0 Å². The number of rotatable bonds is 4. The van der Waals surface area contributed by atoms with Crippen LogP contribution in [-0.2, 0) is 0 Å². The number of benzene rings is 2. The molecule has 0 unspecified atom stereocenters. The Morgan fingerprint density at radius 2 is 1.93 bits per heavy atom. The van der Waals surface area contributed by atoms with E-state index < -0.39 is 0 Å². The van der Waals surface area contributed by atoms with E-state index in [-0.39, 0.29) is 17.9 Å². The number of aromatic nitrogens is 2. The topological polar surface area (TPSA) is 78.1 Å². The average molecular weight is 409 g/mol. The van der Waals surface area contributed by atoms with Crippen LogP contribution in [0.2, 0.25) is 5.02 Å². The van der Waals surface area contributed by atoms with E-state index in [1.54, 1.807) is 35.2 Å². The molecule has 2 amide bonds. The van der Waals surface area contributed by atoms with Gasteiger partial charge in [0.1, 0.15) is 5.82 Å². The summed E-state index contributed by atoms with van der Waals surface area (Å²) in [6.07, 6.45) is 3.95. The first kappa shape index (κ1) is 19.2. The summed E-state index contributed by atoms with van der Waals surface area (Å²) in [4.78, 5) is 34.8. The molecule has 0 saturated heterocycles. The minimum Gasteiger partial charge on any atom is -0.342 e. The van der Waals surface area contributed by atoms with Gasteiger partial charge < -0.3 is 15.2 Å². The predicted molar refractivity (Wildman–Crippen MR) is 113 cm³/mol. The zero-order valence-corrected chi connectivity index (χ0v) is 17.0. The number of imidazole rings is 1. The number of carbonyl (C=O) groups excluding carboxylic acids is 2. The second kappa shape index (κ2) is 7.72. The molecule has 6 nitrogen and oxygen atoms in total. The number of carbonyl (C=O) groups is 2. The van der Waals surface area contributed by atoms with Crippen molar-refractivity contribution in [1.82, 2.24) is 20.2 Å². The van der Waals surface area contributed by atoms with E-state index >= 15 is 0 Å². The Kier molecular flexibility index (Phi) is 5.11. The lowest BCUT2D eigenvalue weighted by Gasteiger charge is -2.17. The van der Waals surface area contributed by atoms with Crippen LogP contribution in [-0.4, -0.2) is 39.8 Å². The van der Waals surface area contributed by atoms with E-state index in [1.807, 2.05) is 32.1 Å². The Balaban J connectivity index is 1.48. The van der Waals surface area contributed by atoms with Gasteiger partial charge in [0.2, 0.25) is 0 Å². The van der Waals surface area contributed by atoms with Crippen molar-refractivity contribution in [3.05, 3.63) is 76.1 Å². The van der Waals surface area contributed by atoms with E-state index in [0.717, 1.165) is 16.6 Å². The van der Waals surface area contributed by atoms with Crippen molar-refractivity contribution in [2.24, 2.45) is 0 Å². The fraction of sp³-hybridized carbons (Fsp3) is 0.227. The smallest absolute Gasteiger partial charge is 0.254 e. The van der Waals surface area contributed by atoms with E-state index in [9.17, 15) is 9.59 Å². The van der Waals surface area contributed by atoms with Crippen molar-refractivity contribution >= 4 is 34.4 Å². The molecule has 0 spiro atoms. The van der Waals surface area contributed by atoms with Crippen LogP contribution in [0.4, 0.5) is 0 Å². The van der Waals surface area contributed by atoms with Gasteiger partial charge in [-0.1, -0.05) is 23.8 Å². The molecule has 148 valence electrons. The number of nitrogens with one attached hydrogen (secondary N) is 2. The molecule has 0 fully saturated rings. The second-order valence-corrected chi connectivity index (χ2v) is 7.63. The van der Waals surface area contributed by atoms with Gasteiger partial charge in [-0.3, -0.25) is 9.59 Å². The SMILES string of the molecule is Cc1cc(C(=O)N[C@@H](C)c2nc3ccc(Cl)cc3[nH]2)ccc1C(=O)N1CC=CC1. The molecule has 1 aromatic heterocycles. The fourth-order valence-corrected chi connectivity index (χ4v) is 3.59. The summed E-state index contributed by atoms with van der Waals surface area (Å²) in [5, 5.41) is 3.57. The van der Waals surface area contributed by atoms with Crippen LogP contribution in [0.25, 0.3) is 11.0 Å². The Hall–Kier alpha value is -3.12. The number of H-pyrrole nitrogens is 1. The number of nitrogens with zero attached hydrogens (tertiary/aromatic N) is 2. The summed E-state index contributed by atoms with van der Waals surface area (Å²) in [7, 11) is 0. The van der Waals surface area contributed by atoms with Crippen LogP contribution in [0.3, 0.4) is 0 Å². The third kappa shape index (κ3) is 3.89. The maximum atomic E-state index is 12.7. The molecular formula is C22H21ClN4O2. The molecule has 3 aromatic rings. The van der Waals surface area contributed by atoms with Gasteiger partial charge in [-0.05, 0) is 55.8 Å². The highest BCUT2D eigenvalue weighted by Crippen LogP contribution is 2.21. The molecule has 2 heterocycles. The number of amides is 2. The van der Waals surface area contributed by atoms with E-state index in [1.165, 1.54) is 0 Å². The first-order valence-electron chi connectivity index (χ1n) is 9.43. The van der Waals surface area contributed by atoms with Crippen LogP contribution >= 0.6 is 11.6 Å². The fourth-order valence-electron chi connectivity index (χ4n) is 3.41. The predicted octanol–water partition coefficient (Wildman–Crippen LogP) is 4.03. The normalized spacial score (nSPS) is 14.4. The minimum atomic E-state index is -0.314. The largest absolute Gasteiger partial charge is 0.342 e. The van der Waals surface area contributed by atoms with Gasteiger partial charge in [0.15, 0.2) is 0 Å². The number of aromatic amines is 1. The molecule has 29 heavy (non-hydrogen) atoms. The molecule has 2 N–H and O–H groups in total. The van der Waals surface area contributed by atoms with Crippen LogP contribution in [0.15, 0.2) is 48.6 Å². The van der Waals surface area contributed by atoms with Crippen LogP contribution in [0.5, 0.6) is 0 Å². The summed E-state index contributed by atoms with van der Waals surface area (Å²) in [6, 6.07) is 10.3. The lowest BCUT2D eigenvalue weighted by atomic mass is 10.0. The molecule has 0 saturated carbocycles. The average Bonchev–Trinajstić information content (AvgIpc) is 3.36. The van der Waals surface area contributed by atoms with Gasteiger partial charge in [-0.2, -0.15) is 0 Å². The van der Waals surface area contributed by atoms with Crippen molar-refractivity contribution in [3.8, 4) is 0 Å². The quantitative estimate of drug-likeness (QED) is 0.640. The van der Waals surface area contributed by atoms with Gasteiger partial charge in [-0.15, -0.1) is 0 Å². The lowest BCUT2D eigenvalue weighted by molar-refractivity contribution is 0.0798. The summed E-state index contributed by atoms with van der Waals surface area (Å²) in [5.41, 5.74) is 3.52. The number of fused-ring (bicyclic) bond motifs is 1. The summed E-state index contributed by atoms with van der Waals surface area (Å²) < 4.78 is 0. The maximum absolute atomic E-state index is 12.7. The molecular weight excluding hydrogens is 388 g/mol. The van der Waals surface area contributed by atoms with Gasteiger partial charge in [0.25, 0.3) is 11.8 Å². The number of halogens is 1. The summed E-state index contributed by atoms with van der Waals surface area (Å²) in [6.45, 7) is 4.96. The molecule has 0 aliphatic carbocycles. The zero-order valence-electron chi connectivity index (χ0n) is 16.2. The molecule has 0 radical (unpaired) electrons. The van der Waals surface area contributed by atoms with Crippen LogP contribution in [0, 0.1) is 6.92 Å². The third-order valence-corrected chi connectivity index (χ3v) is 5.28. The highest BCUT2D eigenvalue weighted by atomic mass is 35.5. The first-order valence-corrected chi connectivity index (χ1v) is 9.81. The van der Waals surface area contributed by atoms with E-state index in [0.29, 0.717) is 35.1 Å². The molecule has 1 atom stereocenters. The van der Waals surface area contributed by atoms with Gasteiger partial charge in [0.05, 0.1) is 17.1 Å². The third-order valence-electron chi connectivity index (χ3n) is 5.04.